The van der Waals surface area contributed by atoms with Gasteiger partial charge in [0.05, 0.1) is 0 Å². The molecular weight excluding hydrogens is 201 g/mol. The Hall–Kier alpha value is -1.31. The smallest absolute Gasteiger partial charge is 0.123 e. The molecule has 1 aromatic carbocycles. The first-order valence-corrected chi connectivity index (χ1v) is 6.02. The molecule has 1 aromatic rings. The Bertz CT molecular complexity index is 384. The van der Waals surface area contributed by atoms with Gasteiger partial charge in [-0.25, -0.2) is 4.39 Å². The molecule has 1 heterocycles. The molecule has 0 spiro atoms. The molecule has 0 aromatic heterocycles. The molecule has 0 unspecified atom stereocenters. The van der Waals surface area contributed by atoms with Crippen LogP contribution in [0.4, 0.5) is 10.1 Å². The van der Waals surface area contributed by atoms with Crippen LogP contribution in [-0.2, 0) is 0 Å². The highest BCUT2D eigenvalue weighted by Gasteiger charge is 2.12. The van der Waals surface area contributed by atoms with Gasteiger partial charge in [0.1, 0.15) is 5.82 Å². The summed E-state index contributed by atoms with van der Waals surface area (Å²) >= 11 is 0. The van der Waals surface area contributed by atoms with Crippen molar-refractivity contribution in [3.63, 3.8) is 0 Å². The van der Waals surface area contributed by atoms with Gasteiger partial charge in [0.25, 0.3) is 0 Å². The second-order valence-corrected chi connectivity index (χ2v) is 4.26. The van der Waals surface area contributed by atoms with Crippen LogP contribution in [-0.4, -0.2) is 13.1 Å². The first kappa shape index (κ1) is 11.2. The molecule has 2 heteroatoms. The number of halogens is 1. The Balaban J connectivity index is 2.11. The molecule has 0 amide bonds. The Morgan fingerprint density at radius 1 is 1.31 bits per heavy atom. The molecule has 16 heavy (non-hydrogen) atoms. The minimum atomic E-state index is -0.154. The molecule has 1 aliphatic heterocycles. The molecule has 2 rings (SSSR count). The van der Waals surface area contributed by atoms with E-state index >= 15 is 0 Å². The Labute approximate surface area is 96.6 Å². The van der Waals surface area contributed by atoms with Gasteiger partial charge < -0.3 is 4.90 Å². The van der Waals surface area contributed by atoms with Crippen LogP contribution < -0.4 is 4.90 Å². The fourth-order valence-corrected chi connectivity index (χ4v) is 2.12. The SMILES string of the molecule is CCCCCN1CC=Cc2cc(F)ccc21. The molecule has 0 saturated heterocycles. The van der Waals surface area contributed by atoms with Crippen molar-refractivity contribution in [1.29, 1.82) is 0 Å². The van der Waals surface area contributed by atoms with Gasteiger partial charge in [0.2, 0.25) is 0 Å². The molecule has 1 aliphatic rings. The van der Waals surface area contributed by atoms with E-state index in [2.05, 4.69) is 17.9 Å². The highest BCUT2D eigenvalue weighted by atomic mass is 19.1. The number of fused-ring (bicyclic) bond motifs is 1. The number of hydrogen-bond acceptors (Lipinski definition) is 1. The minimum absolute atomic E-state index is 0.154. The van der Waals surface area contributed by atoms with Crippen LogP contribution in [0.5, 0.6) is 0 Å². The number of anilines is 1. The quantitative estimate of drug-likeness (QED) is 0.695. The number of rotatable bonds is 4. The fourth-order valence-electron chi connectivity index (χ4n) is 2.12. The lowest BCUT2D eigenvalue weighted by atomic mass is 10.1. The largest absolute Gasteiger partial charge is 0.367 e. The first-order valence-electron chi connectivity index (χ1n) is 6.02. The maximum Gasteiger partial charge on any atom is 0.123 e. The average molecular weight is 219 g/mol. The van der Waals surface area contributed by atoms with Crippen molar-refractivity contribution in [2.75, 3.05) is 18.0 Å². The number of nitrogens with zero attached hydrogens (tertiary/aromatic N) is 1. The summed E-state index contributed by atoms with van der Waals surface area (Å²) < 4.78 is 13.1. The van der Waals surface area contributed by atoms with E-state index in [1.807, 2.05) is 12.1 Å². The van der Waals surface area contributed by atoms with Gasteiger partial charge in [-0.05, 0) is 24.6 Å². The van der Waals surface area contributed by atoms with Crippen LogP contribution in [0.1, 0.15) is 31.7 Å². The third-order valence-electron chi connectivity index (χ3n) is 2.99. The molecule has 0 atom stereocenters. The second kappa shape index (κ2) is 5.15. The molecule has 0 bridgehead atoms. The highest BCUT2D eigenvalue weighted by Crippen LogP contribution is 2.26. The monoisotopic (exact) mass is 219 g/mol. The van der Waals surface area contributed by atoms with Gasteiger partial charge in [0.15, 0.2) is 0 Å². The number of hydrogen-bond donors (Lipinski definition) is 0. The van der Waals surface area contributed by atoms with E-state index < -0.39 is 0 Å². The molecule has 86 valence electrons. The van der Waals surface area contributed by atoms with Crippen molar-refractivity contribution >= 4 is 11.8 Å². The lowest BCUT2D eigenvalue weighted by molar-refractivity contribution is 0.626. The lowest BCUT2D eigenvalue weighted by Crippen LogP contribution is -2.27. The Morgan fingerprint density at radius 2 is 2.19 bits per heavy atom. The first-order chi connectivity index (χ1) is 7.81. The van der Waals surface area contributed by atoms with Crippen molar-refractivity contribution in [1.82, 2.24) is 0 Å². The average Bonchev–Trinajstić information content (AvgIpc) is 2.29. The third kappa shape index (κ3) is 2.43. The topological polar surface area (TPSA) is 3.24 Å². The maximum atomic E-state index is 13.1. The van der Waals surface area contributed by atoms with Crippen LogP contribution in [0.25, 0.3) is 6.08 Å². The van der Waals surface area contributed by atoms with Gasteiger partial charge in [-0.3, -0.25) is 0 Å². The van der Waals surface area contributed by atoms with Crippen LogP contribution >= 0.6 is 0 Å². The van der Waals surface area contributed by atoms with Crippen molar-refractivity contribution in [2.45, 2.75) is 26.2 Å². The van der Waals surface area contributed by atoms with Gasteiger partial charge in [-0.1, -0.05) is 31.9 Å². The Morgan fingerprint density at radius 3 is 3.00 bits per heavy atom. The molecule has 0 saturated carbocycles. The maximum absolute atomic E-state index is 13.1. The summed E-state index contributed by atoms with van der Waals surface area (Å²) in [5.74, 6) is -0.154. The highest BCUT2D eigenvalue weighted by molar-refractivity contribution is 5.71. The molecule has 0 N–H and O–H groups in total. The predicted molar refractivity (Wildman–Crippen MR) is 67.2 cm³/mol. The van der Waals surface area contributed by atoms with E-state index in [0.717, 1.165) is 18.7 Å². The second-order valence-electron chi connectivity index (χ2n) is 4.26. The van der Waals surface area contributed by atoms with Gasteiger partial charge in [-0.15, -0.1) is 0 Å². The third-order valence-corrected chi connectivity index (χ3v) is 2.99. The van der Waals surface area contributed by atoms with E-state index in [4.69, 9.17) is 0 Å². The van der Waals surface area contributed by atoms with Gasteiger partial charge in [-0.2, -0.15) is 0 Å². The summed E-state index contributed by atoms with van der Waals surface area (Å²) in [4.78, 5) is 2.32. The molecule has 1 nitrogen and oxygen atoms in total. The zero-order valence-corrected chi connectivity index (χ0v) is 9.75. The molecule has 0 aliphatic carbocycles. The van der Waals surface area contributed by atoms with E-state index in [0.29, 0.717) is 0 Å². The fraction of sp³-hybridized carbons (Fsp3) is 0.429. The zero-order chi connectivity index (χ0) is 11.4. The van der Waals surface area contributed by atoms with Crippen molar-refractivity contribution in [2.24, 2.45) is 0 Å². The summed E-state index contributed by atoms with van der Waals surface area (Å²) in [7, 11) is 0. The zero-order valence-electron chi connectivity index (χ0n) is 9.75. The van der Waals surface area contributed by atoms with Gasteiger partial charge in [0, 0.05) is 24.3 Å². The van der Waals surface area contributed by atoms with Crippen LogP contribution in [0.2, 0.25) is 0 Å². The normalized spacial score (nSPS) is 14.0. The summed E-state index contributed by atoms with van der Waals surface area (Å²) in [6.07, 6.45) is 7.82. The molecule has 0 fully saturated rings. The van der Waals surface area contributed by atoms with E-state index in [-0.39, 0.29) is 5.82 Å². The van der Waals surface area contributed by atoms with Crippen LogP contribution in [0, 0.1) is 5.82 Å². The van der Waals surface area contributed by atoms with Crippen LogP contribution in [0.15, 0.2) is 24.3 Å². The predicted octanol–water partition coefficient (Wildman–Crippen LogP) is 3.85. The van der Waals surface area contributed by atoms with E-state index in [1.165, 1.54) is 24.9 Å². The summed E-state index contributed by atoms with van der Waals surface area (Å²) in [5, 5.41) is 0. The lowest BCUT2D eigenvalue weighted by Gasteiger charge is -2.28. The summed E-state index contributed by atoms with van der Waals surface area (Å²) in [6, 6.07) is 5.04. The Kier molecular flexibility index (Phi) is 3.60. The van der Waals surface area contributed by atoms with Gasteiger partial charge >= 0.3 is 0 Å². The van der Waals surface area contributed by atoms with E-state index in [1.54, 1.807) is 12.1 Å². The number of unbranched alkanes of at least 4 members (excludes halogenated alkanes) is 2. The molecular formula is C14H18FN. The number of benzene rings is 1. The van der Waals surface area contributed by atoms with Crippen molar-refractivity contribution in [3.8, 4) is 0 Å². The summed E-state index contributed by atoms with van der Waals surface area (Å²) in [5.41, 5.74) is 2.17. The van der Waals surface area contributed by atoms with Crippen molar-refractivity contribution in [3.05, 3.63) is 35.7 Å². The standard InChI is InChI=1S/C14H18FN/c1-2-3-4-9-16-10-5-6-12-11-13(15)7-8-14(12)16/h5-8,11H,2-4,9-10H2,1H3. The van der Waals surface area contributed by atoms with Crippen LogP contribution in [0.3, 0.4) is 0 Å². The minimum Gasteiger partial charge on any atom is -0.367 e. The van der Waals surface area contributed by atoms with E-state index in [9.17, 15) is 4.39 Å². The molecule has 0 radical (unpaired) electrons. The van der Waals surface area contributed by atoms with Crippen molar-refractivity contribution < 1.29 is 4.39 Å². The summed E-state index contributed by atoms with van der Waals surface area (Å²) in [6.45, 7) is 4.22.